The van der Waals surface area contributed by atoms with Crippen molar-refractivity contribution in [2.75, 3.05) is 11.4 Å². The number of rotatable bonds is 3. The molecule has 1 N–H and O–H groups in total. The van der Waals surface area contributed by atoms with Gasteiger partial charge in [0.2, 0.25) is 5.91 Å². The molecule has 1 unspecified atom stereocenters. The number of carbonyl (C=O) groups excluding carboxylic acids is 1. The zero-order chi connectivity index (χ0) is 14.9. The number of amides is 1. The number of aliphatic carboxylic acids is 1. The summed E-state index contributed by atoms with van der Waals surface area (Å²) in [4.78, 5) is 24.3. The summed E-state index contributed by atoms with van der Waals surface area (Å²) in [6, 6.07) is 7.15. The topological polar surface area (TPSA) is 66.8 Å². The van der Waals surface area contributed by atoms with Gasteiger partial charge in [-0.15, -0.1) is 0 Å². The molecule has 5 heteroatoms. The molecule has 20 heavy (non-hydrogen) atoms. The minimum atomic E-state index is -0.923. The van der Waals surface area contributed by atoms with E-state index in [0.717, 1.165) is 5.75 Å². The second-order valence-electron chi connectivity index (χ2n) is 5.95. The van der Waals surface area contributed by atoms with Gasteiger partial charge < -0.3 is 14.7 Å². The lowest BCUT2D eigenvalue weighted by Crippen LogP contribution is -2.26. The largest absolute Gasteiger partial charge is 0.488 e. The highest BCUT2D eigenvalue weighted by Crippen LogP contribution is 2.28. The Morgan fingerprint density at radius 3 is 2.35 bits per heavy atom. The minimum absolute atomic E-state index is 0.0651. The SMILES string of the molecule is CC(C)(C)Oc1ccc(N2CC(C(=O)O)CC2=O)cc1. The molecule has 0 aliphatic carbocycles. The first kappa shape index (κ1) is 14.4. The lowest BCUT2D eigenvalue weighted by Gasteiger charge is -2.22. The summed E-state index contributed by atoms with van der Waals surface area (Å²) >= 11 is 0. The van der Waals surface area contributed by atoms with Crippen molar-refractivity contribution in [3.05, 3.63) is 24.3 Å². The van der Waals surface area contributed by atoms with Crippen molar-refractivity contribution < 1.29 is 19.4 Å². The van der Waals surface area contributed by atoms with Gasteiger partial charge in [-0.25, -0.2) is 0 Å². The Bertz CT molecular complexity index is 516. The van der Waals surface area contributed by atoms with Crippen molar-refractivity contribution in [3.8, 4) is 5.75 Å². The van der Waals surface area contributed by atoms with Crippen LogP contribution in [-0.2, 0) is 9.59 Å². The molecule has 1 aromatic carbocycles. The predicted molar refractivity (Wildman–Crippen MR) is 74.9 cm³/mol. The van der Waals surface area contributed by atoms with E-state index in [1.54, 1.807) is 24.3 Å². The van der Waals surface area contributed by atoms with Crippen LogP contribution in [0, 0.1) is 5.92 Å². The Kier molecular flexibility index (Phi) is 3.70. The van der Waals surface area contributed by atoms with Crippen molar-refractivity contribution in [3.63, 3.8) is 0 Å². The fraction of sp³-hybridized carbons (Fsp3) is 0.467. The zero-order valence-corrected chi connectivity index (χ0v) is 11.9. The predicted octanol–water partition coefficient (Wildman–Crippen LogP) is 2.30. The number of benzene rings is 1. The molecule has 0 bridgehead atoms. The van der Waals surface area contributed by atoms with E-state index >= 15 is 0 Å². The van der Waals surface area contributed by atoms with Gasteiger partial charge in [-0.1, -0.05) is 0 Å². The van der Waals surface area contributed by atoms with E-state index in [2.05, 4.69) is 0 Å². The van der Waals surface area contributed by atoms with E-state index < -0.39 is 11.9 Å². The average Bonchev–Trinajstić information content (AvgIpc) is 2.70. The maximum Gasteiger partial charge on any atom is 0.308 e. The molecule has 0 radical (unpaired) electrons. The average molecular weight is 277 g/mol. The van der Waals surface area contributed by atoms with Gasteiger partial charge in [-0.05, 0) is 45.0 Å². The molecule has 1 aliphatic rings. The van der Waals surface area contributed by atoms with Gasteiger partial charge in [0.1, 0.15) is 11.4 Å². The molecule has 1 atom stereocenters. The molecule has 5 nitrogen and oxygen atoms in total. The van der Waals surface area contributed by atoms with Gasteiger partial charge in [0.05, 0.1) is 5.92 Å². The summed E-state index contributed by atoms with van der Waals surface area (Å²) in [5.41, 5.74) is 0.430. The van der Waals surface area contributed by atoms with E-state index in [1.165, 1.54) is 4.90 Å². The molecule has 2 rings (SSSR count). The van der Waals surface area contributed by atoms with Crippen LogP contribution >= 0.6 is 0 Å². The van der Waals surface area contributed by atoms with Crippen molar-refractivity contribution in [1.29, 1.82) is 0 Å². The van der Waals surface area contributed by atoms with E-state index in [-0.39, 0.29) is 24.5 Å². The van der Waals surface area contributed by atoms with Crippen molar-refractivity contribution >= 4 is 17.6 Å². The maximum atomic E-state index is 11.8. The van der Waals surface area contributed by atoms with E-state index in [4.69, 9.17) is 9.84 Å². The number of carboxylic acid groups (broad SMARTS) is 1. The van der Waals surface area contributed by atoms with Crippen LogP contribution in [0.2, 0.25) is 0 Å². The quantitative estimate of drug-likeness (QED) is 0.920. The zero-order valence-electron chi connectivity index (χ0n) is 11.9. The second-order valence-corrected chi connectivity index (χ2v) is 5.95. The Hall–Kier alpha value is -2.04. The number of anilines is 1. The molecule has 1 saturated heterocycles. The Morgan fingerprint density at radius 2 is 1.90 bits per heavy atom. The highest BCUT2D eigenvalue weighted by molar-refractivity contribution is 5.99. The van der Waals surface area contributed by atoms with E-state index in [1.807, 2.05) is 20.8 Å². The third kappa shape index (κ3) is 3.29. The number of hydrogen-bond acceptors (Lipinski definition) is 3. The molecule has 0 saturated carbocycles. The summed E-state index contributed by atoms with van der Waals surface area (Å²) in [6.07, 6.45) is 0.0651. The fourth-order valence-corrected chi connectivity index (χ4v) is 2.17. The third-order valence-corrected chi connectivity index (χ3v) is 3.05. The third-order valence-electron chi connectivity index (χ3n) is 3.05. The first-order valence-electron chi connectivity index (χ1n) is 6.58. The van der Waals surface area contributed by atoms with Gasteiger partial charge in [-0.2, -0.15) is 0 Å². The number of hydrogen-bond donors (Lipinski definition) is 1. The smallest absolute Gasteiger partial charge is 0.308 e. The Morgan fingerprint density at radius 1 is 1.30 bits per heavy atom. The molecule has 108 valence electrons. The molecule has 1 aliphatic heterocycles. The van der Waals surface area contributed by atoms with Crippen LogP contribution in [0.4, 0.5) is 5.69 Å². The highest BCUT2D eigenvalue weighted by Gasteiger charge is 2.34. The van der Waals surface area contributed by atoms with Gasteiger partial charge in [0.15, 0.2) is 0 Å². The lowest BCUT2D eigenvalue weighted by molar-refractivity contribution is -0.141. The fourth-order valence-electron chi connectivity index (χ4n) is 2.17. The van der Waals surface area contributed by atoms with Gasteiger partial charge in [0, 0.05) is 18.7 Å². The monoisotopic (exact) mass is 277 g/mol. The molecule has 1 heterocycles. The molecule has 0 aromatic heterocycles. The van der Waals surface area contributed by atoms with Crippen LogP contribution in [0.1, 0.15) is 27.2 Å². The van der Waals surface area contributed by atoms with E-state index in [0.29, 0.717) is 5.69 Å². The molecular formula is C15H19NO4. The summed E-state index contributed by atoms with van der Waals surface area (Å²) < 4.78 is 5.71. The lowest BCUT2D eigenvalue weighted by atomic mass is 10.1. The summed E-state index contributed by atoms with van der Waals surface area (Å²) in [5.74, 6) is -0.967. The van der Waals surface area contributed by atoms with Crippen LogP contribution in [0.25, 0.3) is 0 Å². The normalized spacial score (nSPS) is 19.2. The van der Waals surface area contributed by atoms with Gasteiger partial charge >= 0.3 is 5.97 Å². The van der Waals surface area contributed by atoms with Crippen LogP contribution in [0.15, 0.2) is 24.3 Å². The summed E-state index contributed by atoms with van der Waals surface area (Å²) in [7, 11) is 0. The number of nitrogens with zero attached hydrogens (tertiary/aromatic N) is 1. The van der Waals surface area contributed by atoms with Crippen LogP contribution in [-0.4, -0.2) is 29.1 Å². The van der Waals surface area contributed by atoms with Crippen LogP contribution in [0.3, 0.4) is 0 Å². The standard InChI is InChI=1S/C15H19NO4/c1-15(2,3)20-12-6-4-11(5-7-12)16-9-10(14(18)19)8-13(16)17/h4-7,10H,8-9H2,1-3H3,(H,18,19). The van der Waals surface area contributed by atoms with Crippen LogP contribution < -0.4 is 9.64 Å². The second kappa shape index (κ2) is 5.15. The highest BCUT2D eigenvalue weighted by atomic mass is 16.5. The molecule has 1 fully saturated rings. The number of ether oxygens (including phenoxy) is 1. The summed E-state index contributed by atoms with van der Waals surface area (Å²) in [6.45, 7) is 6.11. The molecule has 1 amide bonds. The van der Waals surface area contributed by atoms with Crippen LogP contribution in [0.5, 0.6) is 5.75 Å². The van der Waals surface area contributed by atoms with Gasteiger partial charge in [0.25, 0.3) is 0 Å². The minimum Gasteiger partial charge on any atom is -0.488 e. The molecular weight excluding hydrogens is 258 g/mol. The van der Waals surface area contributed by atoms with Gasteiger partial charge in [-0.3, -0.25) is 9.59 Å². The van der Waals surface area contributed by atoms with E-state index in [9.17, 15) is 9.59 Å². The molecule has 1 aromatic rings. The Balaban J connectivity index is 2.11. The van der Waals surface area contributed by atoms with Crippen molar-refractivity contribution in [2.45, 2.75) is 32.8 Å². The number of carbonyl (C=O) groups is 2. The maximum absolute atomic E-state index is 11.8. The van der Waals surface area contributed by atoms with Crippen molar-refractivity contribution in [1.82, 2.24) is 0 Å². The summed E-state index contributed by atoms with van der Waals surface area (Å²) in [5, 5.41) is 8.97. The molecule has 0 spiro atoms. The first-order chi connectivity index (χ1) is 9.26. The van der Waals surface area contributed by atoms with Crippen molar-refractivity contribution in [2.24, 2.45) is 5.92 Å². The first-order valence-corrected chi connectivity index (χ1v) is 6.58. The number of carboxylic acids is 1. The Labute approximate surface area is 118 Å².